The second-order valence-electron chi connectivity index (χ2n) is 3.53. The Kier molecular flexibility index (Phi) is 5.74. The summed E-state index contributed by atoms with van der Waals surface area (Å²) >= 11 is 3.09. The fraction of sp³-hybridized carbons (Fsp3) is 0.273. The molecule has 7 heteroatoms. The predicted octanol–water partition coefficient (Wildman–Crippen LogP) is 2.32. The van der Waals surface area contributed by atoms with Crippen LogP contribution in [0.15, 0.2) is 17.5 Å². The van der Waals surface area contributed by atoms with E-state index in [9.17, 15) is 4.79 Å². The van der Waals surface area contributed by atoms with E-state index in [1.54, 1.807) is 16.7 Å². The highest BCUT2D eigenvalue weighted by molar-refractivity contribution is 7.11. The molecule has 98 valence electrons. The molecule has 0 saturated heterocycles. The Morgan fingerprint density at radius 2 is 2.28 bits per heavy atom. The van der Waals surface area contributed by atoms with Crippen molar-refractivity contribution < 1.29 is 4.79 Å². The SMILES string of the molecule is Cc1ccc(CNC(=O)c2csc(CN)n2)s1.Cl. The summed E-state index contributed by atoms with van der Waals surface area (Å²) in [7, 11) is 0. The van der Waals surface area contributed by atoms with E-state index in [2.05, 4.69) is 10.3 Å². The highest BCUT2D eigenvalue weighted by Crippen LogP contribution is 2.15. The summed E-state index contributed by atoms with van der Waals surface area (Å²) in [5.41, 5.74) is 5.90. The summed E-state index contributed by atoms with van der Waals surface area (Å²) < 4.78 is 0. The number of aryl methyl sites for hydroxylation is 1. The van der Waals surface area contributed by atoms with Crippen LogP contribution in [0, 0.1) is 6.92 Å². The van der Waals surface area contributed by atoms with Crippen LogP contribution in [0.25, 0.3) is 0 Å². The third-order valence-corrected chi connectivity index (χ3v) is 4.05. The van der Waals surface area contributed by atoms with E-state index in [0.29, 0.717) is 18.8 Å². The number of hydrogen-bond donors (Lipinski definition) is 2. The summed E-state index contributed by atoms with van der Waals surface area (Å²) in [6.45, 7) is 2.97. The minimum atomic E-state index is -0.146. The van der Waals surface area contributed by atoms with Crippen molar-refractivity contribution in [2.45, 2.75) is 20.0 Å². The Bertz CT molecular complexity index is 524. The first-order valence-electron chi connectivity index (χ1n) is 5.17. The fourth-order valence-electron chi connectivity index (χ4n) is 1.35. The third kappa shape index (κ3) is 3.78. The van der Waals surface area contributed by atoms with E-state index >= 15 is 0 Å². The van der Waals surface area contributed by atoms with Gasteiger partial charge in [-0.05, 0) is 19.1 Å². The number of nitrogens with one attached hydrogen (secondary N) is 1. The molecular formula is C11H14ClN3OS2. The van der Waals surface area contributed by atoms with E-state index in [-0.39, 0.29) is 18.3 Å². The average Bonchev–Trinajstić information content (AvgIpc) is 2.94. The van der Waals surface area contributed by atoms with Gasteiger partial charge in [0.05, 0.1) is 6.54 Å². The number of nitrogens with zero attached hydrogens (tertiary/aromatic N) is 1. The van der Waals surface area contributed by atoms with Crippen LogP contribution >= 0.6 is 35.1 Å². The van der Waals surface area contributed by atoms with Gasteiger partial charge in [0.25, 0.3) is 5.91 Å². The number of amides is 1. The van der Waals surface area contributed by atoms with Crippen LogP contribution in [0.2, 0.25) is 0 Å². The van der Waals surface area contributed by atoms with E-state index in [1.165, 1.54) is 16.2 Å². The van der Waals surface area contributed by atoms with Crippen LogP contribution in [0.3, 0.4) is 0 Å². The summed E-state index contributed by atoms with van der Waals surface area (Å²) in [5.74, 6) is -0.146. The summed E-state index contributed by atoms with van der Waals surface area (Å²) in [4.78, 5) is 18.3. The van der Waals surface area contributed by atoms with E-state index < -0.39 is 0 Å². The molecule has 3 N–H and O–H groups in total. The maximum Gasteiger partial charge on any atom is 0.271 e. The second-order valence-corrected chi connectivity index (χ2v) is 5.84. The third-order valence-electron chi connectivity index (χ3n) is 2.18. The van der Waals surface area contributed by atoms with Gasteiger partial charge < -0.3 is 11.1 Å². The highest BCUT2D eigenvalue weighted by Gasteiger charge is 2.09. The number of halogens is 1. The topological polar surface area (TPSA) is 68.0 Å². The molecule has 0 bridgehead atoms. The zero-order chi connectivity index (χ0) is 12.3. The van der Waals surface area contributed by atoms with E-state index in [4.69, 9.17) is 5.73 Å². The molecule has 18 heavy (non-hydrogen) atoms. The molecule has 0 spiro atoms. The van der Waals surface area contributed by atoms with Gasteiger partial charge >= 0.3 is 0 Å². The number of thiazole rings is 1. The van der Waals surface area contributed by atoms with Crippen molar-refractivity contribution >= 4 is 41.0 Å². The van der Waals surface area contributed by atoms with Crippen LogP contribution in [0.1, 0.15) is 25.3 Å². The van der Waals surface area contributed by atoms with Gasteiger partial charge in [0, 0.05) is 21.7 Å². The largest absolute Gasteiger partial charge is 0.346 e. The molecule has 0 fully saturated rings. The Balaban J connectivity index is 0.00000162. The lowest BCUT2D eigenvalue weighted by atomic mass is 10.4. The minimum Gasteiger partial charge on any atom is -0.346 e. The number of aromatic nitrogens is 1. The molecule has 0 saturated carbocycles. The molecule has 2 aromatic heterocycles. The smallest absolute Gasteiger partial charge is 0.271 e. The number of rotatable bonds is 4. The van der Waals surface area contributed by atoms with Crippen LogP contribution in [0.5, 0.6) is 0 Å². The predicted molar refractivity (Wildman–Crippen MR) is 77.5 cm³/mol. The summed E-state index contributed by atoms with van der Waals surface area (Å²) in [6.07, 6.45) is 0. The summed E-state index contributed by atoms with van der Waals surface area (Å²) in [5, 5.41) is 5.35. The van der Waals surface area contributed by atoms with Crippen LogP contribution in [0.4, 0.5) is 0 Å². The first-order valence-corrected chi connectivity index (χ1v) is 6.86. The number of nitrogens with two attached hydrogens (primary N) is 1. The van der Waals surface area contributed by atoms with Crippen molar-refractivity contribution in [2.75, 3.05) is 0 Å². The Labute approximate surface area is 120 Å². The van der Waals surface area contributed by atoms with Gasteiger partial charge in [0.15, 0.2) is 0 Å². The molecular weight excluding hydrogens is 290 g/mol. The zero-order valence-electron chi connectivity index (χ0n) is 9.80. The molecule has 4 nitrogen and oxygen atoms in total. The van der Waals surface area contributed by atoms with Crippen molar-refractivity contribution in [3.05, 3.63) is 38.0 Å². The van der Waals surface area contributed by atoms with Crippen molar-refractivity contribution in [2.24, 2.45) is 5.73 Å². The molecule has 1 amide bonds. The lowest BCUT2D eigenvalue weighted by molar-refractivity contribution is 0.0947. The van der Waals surface area contributed by atoms with Gasteiger partial charge in [0.2, 0.25) is 0 Å². The molecule has 0 atom stereocenters. The van der Waals surface area contributed by atoms with Gasteiger partial charge in [-0.25, -0.2) is 4.98 Å². The second kappa shape index (κ2) is 6.84. The zero-order valence-corrected chi connectivity index (χ0v) is 12.3. The first kappa shape index (κ1) is 15.1. The number of hydrogen-bond acceptors (Lipinski definition) is 5. The summed E-state index contributed by atoms with van der Waals surface area (Å²) in [6, 6.07) is 4.06. The van der Waals surface area contributed by atoms with Crippen molar-refractivity contribution in [1.82, 2.24) is 10.3 Å². The Morgan fingerprint density at radius 1 is 1.50 bits per heavy atom. The number of carbonyl (C=O) groups is 1. The monoisotopic (exact) mass is 303 g/mol. The van der Waals surface area contributed by atoms with Crippen LogP contribution in [-0.2, 0) is 13.1 Å². The lowest BCUT2D eigenvalue weighted by Crippen LogP contribution is -2.22. The van der Waals surface area contributed by atoms with Crippen LogP contribution < -0.4 is 11.1 Å². The Hall–Kier alpha value is -0.950. The molecule has 0 aromatic carbocycles. The van der Waals surface area contributed by atoms with Gasteiger partial charge in [-0.15, -0.1) is 35.1 Å². The van der Waals surface area contributed by atoms with Gasteiger partial charge in [0.1, 0.15) is 10.7 Å². The maximum atomic E-state index is 11.8. The first-order chi connectivity index (χ1) is 8.19. The Morgan fingerprint density at radius 3 is 2.83 bits per heavy atom. The highest BCUT2D eigenvalue weighted by atomic mass is 35.5. The average molecular weight is 304 g/mol. The minimum absolute atomic E-state index is 0. The number of thiophene rings is 1. The van der Waals surface area contributed by atoms with Crippen LogP contribution in [-0.4, -0.2) is 10.9 Å². The lowest BCUT2D eigenvalue weighted by Gasteiger charge is -2.00. The molecule has 0 unspecified atom stereocenters. The quantitative estimate of drug-likeness (QED) is 0.911. The molecule has 2 heterocycles. The number of carbonyl (C=O) groups excluding carboxylic acids is 1. The van der Waals surface area contributed by atoms with Gasteiger partial charge in [-0.2, -0.15) is 0 Å². The maximum absolute atomic E-state index is 11.8. The fourth-order valence-corrected chi connectivity index (χ4v) is 2.83. The molecule has 2 aromatic rings. The van der Waals surface area contributed by atoms with Gasteiger partial charge in [-0.1, -0.05) is 0 Å². The van der Waals surface area contributed by atoms with E-state index in [0.717, 1.165) is 9.88 Å². The van der Waals surface area contributed by atoms with Crippen molar-refractivity contribution in [3.63, 3.8) is 0 Å². The van der Waals surface area contributed by atoms with Gasteiger partial charge in [-0.3, -0.25) is 4.79 Å². The molecule has 0 aliphatic heterocycles. The van der Waals surface area contributed by atoms with Crippen molar-refractivity contribution in [1.29, 1.82) is 0 Å². The standard InChI is InChI=1S/C11H13N3OS2.ClH/c1-7-2-3-8(17-7)5-13-11(15)9-6-16-10(4-12)14-9;/h2-3,6H,4-5,12H2,1H3,(H,13,15);1H. The van der Waals surface area contributed by atoms with Crippen molar-refractivity contribution in [3.8, 4) is 0 Å². The van der Waals surface area contributed by atoms with E-state index in [1.807, 2.05) is 19.1 Å². The molecule has 2 rings (SSSR count). The molecule has 0 aliphatic carbocycles. The normalized spacial score (nSPS) is 9.89. The molecule has 0 radical (unpaired) electrons. The molecule has 0 aliphatic rings.